The number of amides is 1. The normalized spacial score (nSPS) is 11.2. The third-order valence-corrected chi connectivity index (χ3v) is 3.99. The summed E-state index contributed by atoms with van der Waals surface area (Å²) in [6, 6.07) is 8.80. The van der Waals surface area contributed by atoms with Crippen LogP contribution in [0.15, 0.2) is 47.4 Å². The molecule has 0 aliphatic rings. The lowest BCUT2D eigenvalue weighted by Crippen LogP contribution is -2.16. The van der Waals surface area contributed by atoms with Gasteiger partial charge in [-0.2, -0.15) is 8.78 Å². The molecule has 2 rings (SSSR count). The lowest BCUT2D eigenvalue weighted by Gasteiger charge is -2.11. The van der Waals surface area contributed by atoms with Crippen LogP contribution in [0.3, 0.4) is 0 Å². The summed E-state index contributed by atoms with van der Waals surface area (Å²) in [5.74, 6) is -0.589. The first kappa shape index (κ1) is 18.6. The van der Waals surface area contributed by atoms with Crippen molar-refractivity contribution in [2.75, 3.05) is 12.4 Å². The number of anilines is 1. The standard InChI is InChI=1S/C15H14F2N2O5S/c1-23-13-7-6-11(25(18,21)22)8-12(13)14(20)19-9-2-4-10(5-3-9)24-15(16)17/h2-8,15H,1H3,(H,19,20)(H2,18,21,22). The van der Waals surface area contributed by atoms with E-state index in [1.807, 2.05) is 0 Å². The van der Waals surface area contributed by atoms with Gasteiger partial charge in [-0.25, -0.2) is 13.6 Å². The van der Waals surface area contributed by atoms with E-state index in [0.717, 1.165) is 6.07 Å². The molecule has 0 fully saturated rings. The number of carbonyl (C=O) groups is 1. The molecule has 0 bridgehead atoms. The van der Waals surface area contributed by atoms with Gasteiger partial charge < -0.3 is 14.8 Å². The molecule has 25 heavy (non-hydrogen) atoms. The first-order chi connectivity index (χ1) is 11.7. The Labute approximate surface area is 142 Å². The summed E-state index contributed by atoms with van der Waals surface area (Å²) in [6.45, 7) is -2.95. The maximum absolute atomic E-state index is 12.4. The fourth-order valence-electron chi connectivity index (χ4n) is 1.96. The number of halogens is 2. The van der Waals surface area contributed by atoms with Crippen LogP contribution < -0.4 is 19.9 Å². The molecule has 0 aliphatic heterocycles. The number of alkyl halides is 2. The largest absolute Gasteiger partial charge is 0.496 e. The number of methoxy groups -OCH3 is 1. The molecule has 0 radical (unpaired) electrons. The molecule has 7 nitrogen and oxygen atoms in total. The Morgan fingerprint density at radius 2 is 1.80 bits per heavy atom. The maximum atomic E-state index is 12.4. The summed E-state index contributed by atoms with van der Waals surface area (Å²) >= 11 is 0. The SMILES string of the molecule is COc1ccc(S(N)(=O)=O)cc1C(=O)Nc1ccc(OC(F)F)cc1. The zero-order chi connectivity index (χ0) is 18.6. The lowest BCUT2D eigenvalue weighted by atomic mass is 10.2. The van der Waals surface area contributed by atoms with E-state index in [0.29, 0.717) is 0 Å². The van der Waals surface area contributed by atoms with Crippen LogP contribution in [0.4, 0.5) is 14.5 Å². The van der Waals surface area contributed by atoms with Crippen molar-refractivity contribution in [2.24, 2.45) is 5.14 Å². The fourth-order valence-corrected chi connectivity index (χ4v) is 2.50. The topological polar surface area (TPSA) is 108 Å². The van der Waals surface area contributed by atoms with Crippen molar-refractivity contribution in [3.63, 3.8) is 0 Å². The van der Waals surface area contributed by atoms with Crippen molar-refractivity contribution in [1.29, 1.82) is 0 Å². The van der Waals surface area contributed by atoms with Gasteiger partial charge >= 0.3 is 6.61 Å². The third kappa shape index (κ3) is 4.88. The minimum Gasteiger partial charge on any atom is -0.496 e. The van der Waals surface area contributed by atoms with Gasteiger partial charge in [-0.15, -0.1) is 0 Å². The highest BCUT2D eigenvalue weighted by Crippen LogP contribution is 2.24. The van der Waals surface area contributed by atoms with Crippen LogP contribution in [-0.2, 0) is 10.0 Å². The second-order valence-electron chi connectivity index (χ2n) is 4.76. The lowest BCUT2D eigenvalue weighted by molar-refractivity contribution is -0.0498. The van der Waals surface area contributed by atoms with E-state index < -0.39 is 22.5 Å². The quantitative estimate of drug-likeness (QED) is 0.808. The van der Waals surface area contributed by atoms with Crippen molar-refractivity contribution >= 4 is 21.6 Å². The average Bonchev–Trinajstić information content (AvgIpc) is 2.54. The first-order valence-corrected chi connectivity index (χ1v) is 8.32. The number of nitrogens with one attached hydrogen (secondary N) is 1. The molecule has 10 heteroatoms. The van der Waals surface area contributed by atoms with Gasteiger partial charge in [-0.3, -0.25) is 4.79 Å². The van der Waals surface area contributed by atoms with E-state index >= 15 is 0 Å². The molecule has 134 valence electrons. The summed E-state index contributed by atoms with van der Waals surface area (Å²) in [5.41, 5.74) is 0.233. The molecule has 2 aromatic rings. The molecule has 1 amide bonds. The smallest absolute Gasteiger partial charge is 0.387 e. The van der Waals surface area contributed by atoms with E-state index in [2.05, 4.69) is 10.1 Å². The van der Waals surface area contributed by atoms with Gasteiger partial charge in [-0.1, -0.05) is 0 Å². The van der Waals surface area contributed by atoms with Crippen molar-refractivity contribution in [1.82, 2.24) is 0 Å². The molecule has 0 saturated carbocycles. The Kier molecular flexibility index (Phi) is 5.55. The first-order valence-electron chi connectivity index (χ1n) is 6.78. The van der Waals surface area contributed by atoms with Crippen LogP contribution in [0.25, 0.3) is 0 Å². The number of benzene rings is 2. The minimum absolute atomic E-state index is 0.0538. The molecule has 0 aliphatic carbocycles. The fraction of sp³-hybridized carbons (Fsp3) is 0.133. The van der Waals surface area contributed by atoms with Gasteiger partial charge in [0.2, 0.25) is 10.0 Å². The number of hydrogen-bond acceptors (Lipinski definition) is 5. The highest BCUT2D eigenvalue weighted by molar-refractivity contribution is 7.89. The predicted molar refractivity (Wildman–Crippen MR) is 85.4 cm³/mol. The van der Waals surface area contributed by atoms with Gasteiger partial charge in [0.1, 0.15) is 11.5 Å². The number of hydrogen-bond donors (Lipinski definition) is 2. The van der Waals surface area contributed by atoms with Crippen LogP contribution >= 0.6 is 0 Å². The van der Waals surface area contributed by atoms with Crippen LogP contribution in [-0.4, -0.2) is 28.0 Å². The Balaban J connectivity index is 2.25. The zero-order valence-corrected chi connectivity index (χ0v) is 13.7. The molecule has 3 N–H and O–H groups in total. The number of ether oxygens (including phenoxy) is 2. The molecule has 0 unspecified atom stereocenters. The molecule has 2 aromatic carbocycles. The number of sulfonamides is 1. The Bertz CT molecular complexity index is 870. The second kappa shape index (κ2) is 7.45. The van der Waals surface area contributed by atoms with E-state index in [-0.39, 0.29) is 27.6 Å². The third-order valence-electron chi connectivity index (χ3n) is 3.08. The van der Waals surface area contributed by atoms with Crippen molar-refractivity contribution in [3.8, 4) is 11.5 Å². The monoisotopic (exact) mass is 372 g/mol. The van der Waals surface area contributed by atoms with Crippen LogP contribution in [0.2, 0.25) is 0 Å². The van der Waals surface area contributed by atoms with Gasteiger partial charge in [0, 0.05) is 5.69 Å². The van der Waals surface area contributed by atoms with E-state index in [4.69, 9.17) is 9.88 Å². The Morgan fingerprint density at radius 3 is 2.32 bits per heavy atom. The number of carbonyl (C=O) groups excluding carboxylic acids is 1. The highest BCUT2D eigenvalue weighted by atomic mass is 32.2. The molecule has 0 saturated heterocycles. The Hall–Kier alpha value is -2.72. The molecule has 0 aromatic heterocycles. The van der Waals surface area contributed by atoms with Crippen molar-refractivity contribution in [3.05, 3.63) is 48.0 Å². The number of rotatable bonds is 6. The molecule has 0 heterocycles. The summed E-state index contributed by atoms with van der Waals surface area (Å²) in [5, 5.41) is 7.55. The second-order valence-corrected chi connectivity index (χ2v) is 6.33. The van der Waals surface area contributed by atoms with Crippen LogP contribution in [0.1, 0.15) is 10.4 Å². The number of primary sulfonamides is 1. The number of nitrogens with two attached hydrogens (primary N) is 1. The molecule has 0 spiro atoms. The average molecular weight is 372 g/mol. The molecule has 0 atom stereocenters. The Morgan fingerprint density at radius 1 is 1.16 bits per heavy atom. The summed E-state index contributed by atoms with van der Waals surface area (Å²) < 4.78 is 56.3. The maximum Gasteiger partial charge on any atom is 0.387 e. The zero-order valence-electron chi connectivity index (χ0n) is 12.9. The van der Waals surface area contributed by atoms with Crippen LogP contribution in [0, 0.1) is 0 Å². The van der Waals surface area contributed by atoms with E-state index in [9.17, 15) is 22.0 Å². The van der Waals surface area contributed by atoms with Crippen molar-refractivity contribution < 1.29 is 31.5 Å². The highest BCUT2D eigenvalue weighted by Gasteiger charge is 2.17. The minimum atomic E-state index is -4.00. The molecular formula is C15H14F2N2O5S. The summed E-state index contributed by atoms with van der Waals surface area (Å²) in [7, 11) is -2.68. The van der Waals surface area contributed by atoms with Gasteiger partial charge in [0.15, 0.2) is 0 Å². The predicted octanol–water partition coefficient (Wildman–Crippen LogP) is 2.20. The summed E-state index contributed by atoms with van der Waals surface area (Å²) in [6.07, 6.45) is 0. The van der Waals surface area contributed by atoms with Crippen molar-refractivity contribution in [2.45, 2.75) is 11.5 Å². The van der Waals surface area contributed by atoms with Gasteiger partial charge in [0.25, 0.3) is 5.91 Å². The molecular weight excluding hydrogens is 358 g/mol. The van der Waals surface area contributed by atoms with Gasteiger partial charge in [0.05, 0.1) is 17.6 Å². The van der Waals surface area contributed by atoms with E-state index in [1.54, 1.807) is 0 Å². The van der Waals surface area contributed by atoms with Crippen LogP contribution in [0.5, 0.6) is 11.5 Å². The summed E-state index contributed by atoms with van der Waals surface area (Å²) in [4.78, 5) is 12.1. The van der Waals surface area contributed by atoms with Gasteiger partial charge in [-0.05, 0) is 42.5 Å². The van der Waals surface area contributed by atoms with E-state index in [1.165, 1.54) is 43.5 Å².